The molecule has 0 saturated carbocycles. The number of ether oxygens (including phenoxy) is 1. The number of alkyl halides is 3. The minimum absolute atomic E-state index is 0.00957. The van der Waals surface area contributed by atoms with Gasteiger partial charge in [0.15, 0.2) is 5.82 Å². The molecule has 0 bridgehead atoms. The minimum atomic E-state index is -4.62. The highest BCUT2D eigenvalue weighted by molar-refractivity contribution is 5.81. The Balaban J connectivity index is 1.27. The van der Waals surface area contributed by atoms with Gasteiger partial charge in [0.2, 0.25) is 5.95 Å². The number of nitrogens with zero attached hydrogens (tertiary/aromatic N) is 4. The normalized spacial score (nSPS) is 11.6. The van der Waals surface area contributed by atoms with E-state index in [0.717, 1.165) is 23.1 Å². The summed E-state index contributed by atoms with van der Waals surface area (Å²) in [7, 11) is 1.93. The number of aromatic nitrogens is 5. The van der Waals surface area contributed by atoms with Crippen molar-refractivity contribution in [1.29, 1.82) is 0 Å². The maximum atomic E-state index is 13.8. The summed E-state index contributed by atoms with van der Waals surface area (Å²) >= 11 is 0. The topological polar surface area (TPSA) is 80.7 Å². The first-order chi connectivity index (χ1) is 19.8. The van der Waals surface area contributed by atoms with Crippen LogP contribution in [0.1, 0.15) is 18.2 Å². The van der Waals surface area contributed by atoms with Crippen molar-refractivity contribution in [2.24, 2.45) is 7.05 Å². The predicted octanol–water partition coefficient (Wildman–Crippen LogP) is 8.14. The smallest absolute Gasteiger partial charge is 0.433 e. The number of rotatable bonds is 7. The summed E-state index contributed by atoms with van der Waals surface area (Å²) in [5.74, 6) is 1.59. The fourth-order valence-corrected chi connectivity index (χ4v) is 4.60. The average Bonchev–Trinajstić information content (AvgIpc) is 3.56. The van der Waals surface area contributed by atoms with Gasteiger partial charge in [-0.15, -0.1) is 0 Å². The number of pyridine rings is 1. The SMILES string of the molecule is CCc1cccc(Nc2nc3cc(Oc4ccnc(-c5nc(-c6ccccc6)c(C(F)(F)F)[nH]5)c4)ccc3n2C)c1. The van der Waals surface area contributed by atoms with E-state index < -0.39 is 11.9 Å². The fourth-order valence-electron chi connectivity index (χ4n) is 4.60. The first-order valence-electron chi connectivity index (χ1n) is 13.0. The monoisotopic (exact) mass is 554 g/mol. The van der Waals surface area contributed by atoms with Crippen molar-refractivity contribution in [2.45, 2.75) is 19.5 Å². The van der Waals surface area contributed by atoms with Crippen LogP contribution >= 0.6 is 0 Å². The number of anilines is 2. The van der Waals surface area contributed by atoms with Gasteiger partial charge in [-0.25, -0.2) is 9.97 Å². The summed E-state index contributed by atoms with van der Waals surface area (Å²) in [6.45, 7) is 2.11. The van der Waals surface area contributed by atoms with Gasteiger partial charge in [-0.2, -0.15) is 13.2 Å². The van der Waals surface area contributed by atoms with Crippen LogP contribution in [-0.2, 0) is 19.6 Å². The molecule has 7 nitrogen and oxygen atoms in total. The van der Waals surface area contributed by atoms with Crippen LogP contribution in [0.5, 0.6) is 11.5 Å². The molecule has 0 saturated heterocycles. The summed E-state index contributed by atoms with van der Waals surface area (Å²) in [5.41, 5.74) is 3.26. The largest absolute Gasteiger partial charge is 0.457 e. The quantitative estimate of drug-likeness (QED) is 0.208. The average molecular weight is 555 g/mol. The molecule has 41 heavy (non-hydrogen) atoms. The van der Waals surface area contributed by atoms with E-state index in [0.29, 0.717) is 23.0 Å². The van der Waals surface area contributed by atoms with E-state index in [4.69, 9.17) is 9.72 Å². The molecule has 6 aromatic rings. The molecule has 3 aromatic heterocycles. The Hall–Kier alpha value is -5.12. The maximum Gasteiger partial charge on any atom is 0.433 e. The number of aryl methyl sites for hydroxylation is 2. The van der Waals surface area contributed by atoms with Crippen molar-refractivity contribution in [3.8, 4) is 34.3 Å². The van der Waals surface area contributed by atoms with Crippen LogP contribution in [0.2, 0.25) is 0 Å². The summed E-state index contributed by atoms with van der Waals surface area (Å²) in [4.78, 5) is 15.6. The van der Waals surface area contributed by atoms with Gasteiger partial charge in [-0.1, -0.05) is 49.4 Å². The minimum Gasteiger partial charge on any atom is -0.457 e. The Morgan fingerprint density at radius 3 is 2.49 bits per heavy atom. The third kappa shape index (κ3) is 5.36. The predicted molar refractivity (Wildman–Crippen MR) is 152 cm³/mol. The number of hydrogen-bond acceptors (Lipinski definition) is 5. The van der Waals surface area contributed by atoms with E-state index >= 15 is 0 Å². The first kappa shape index (κ1) is 26.1. The Bertz CT molecular complexity index is 1840. The van der Waals surface area contributed by atoms with Crippen LogP contribution in [-0.4, -0.2) is 24.5 Å². The number of hydrogen-bond donors (Lipinski definition) is 2. The lowest BCUT2D eigenvalue weighted by atomic mass is 10.1. The molecule has 2 N–H and O–H groups in total. The standard InChI is InChI=1S/C31H25F3N6O/c1-3-19-8-7-11-21(16-19)36-30-37-24-17-22(12-13-26(24)40(30)2)41-23-14-15-35-25(18-23)29-38-27(20-9-5-4-6-10-20)28(39-29)31(32,33)34/h4-18H,3H2,1-2H3,(H,36,37)(H,38,39). The molecule has 0 unspecified atom stereocenters. The van der Waals surface area contributed by atoms with Crippen molar-refractivity contribution in [1.82, 2.24) is 24.5 Å². The molecule has 0 amide bonds. The second kappa shape index (κ2) is 10.5. The van der Waals surface area contributed by atoms with Crippen molar-refractivity contribution in [2.75, 3.05) is 5.32 Å². The van der Waals surface area contributed by atoms with Crippen LogP contribution in [0.15, 0.2) is 91.1 Å². The number of H-pyrrole nitrogens is 1. The fraction of sp³-hybridized carbons (Fsp3) is 0.129. The third-order valence-electron chi connectivity index (χ3n) is 6.69. The van der Waals surface area contributed by atoms with E-state index in [1.807, 2.05) is 41.9 Å². The number of fused-ring (bicyclic) bond motifs is 1. The van der Waals surface area contributed by atoms with E-state index in [1.54, 1.807) is 42.5 Å². The Kier molecular flexibility index (Phi) is 6.66. The lowest BCUT2D eigenvalue weighted by molar-refractivity contribution is -0.140. The van der Waals surface area contributed by atoms with E-state index in [-0.39, 0.29) is 17.2 Å². The number of aromatic amines is 1. The van der Waals surface area contributed by atoms with Crippen molar-refractivity contribution in [3.63, 3.8) is 0 Å². The summed E-state index contributed by atoms with van der Waals surface area (Å²) < 4.78 is 49.5. The second-order valence-electron chi connectivity index (χ2n) is 9.48. The highest BCUT2D eigenvalue weighted by Crippen LogP contribution is 2.37. The van der Waals surface area contributed by atoms with Gasteiger partial charge >= 0.3 is 6.18 Å². The summed E-state index contributed by atoms with van der Waals surface area (Å²) in [5, 5.41) is 3.37. The molecular weight excluding hydrogens is 529 g/mol. The molecule has 10 heteroatoms. The Morgan fingerprint density at radius 1 is 0.902 bits per heavy atom. The molecule has 3 heterocycles. The molecule has 0 aliphatic rings. The lowest BCUT2D eigenvalue weighted by Crippen LogP contribution is -2.07. The van der Waals surface area contributed by atoms with Crippen molar-refractivity contribution in [3.05, 3.63) is 102 Å². The van der Waals surface area contributed by atoms with E-state index in [1.165, 1.54) is 11.8 Å². The van der Waals surface area contributed by atoms with Crippen LogP contribution in [0.4, 0.5) is 24.8 Å². The third-order valence-corrected chi connectivity index (χ3v) is 6.69. The zero-order valence-corrected chi connectivity index (χ0v) is 22.2. The van der Waals surface area contributed by atoms with Crippen LogP contribution < -0.4 is 10.1 Å². The zero-order chi connectivity index (χ0) is 28.6. The number of imidazole rings is 2. The van der Waals surface area contributed by atoms with E-state index in [2.05, 4.69) is 39.3 Å². The van der Waals surface area contributed by atoms with Gasteiger partial charge in [0.1, 0.15) is 28.6 Å². The number of benzene rings is 3. The molecule has 3 aromatic carbocycles. The summed E-state index contributed by atoms with van der Waals surface area (Å²) in [6.07, 6.45) is -2.21. The molecule has 0 aliphatic heterocycles. The first-order valence-corrected chi connectivity index (χ1v) is 13.0. The Morgan fingerprint density at radius 2 is 1.71 bits per heavy atom. The molecule has 0 spiro atoms. The lowest BCUT2D eigenvalue weighted by Gasteiger charge is -2.08. The van der Waals surface area contributed by atoms with Gasteiger partial charge in [-0.05, 0) is 42.3 Å². The molecular formula is C31H25F3N6O. The second-order valence-corrected chi connectivity index (χ2v) is 9.48. The van der Waals surface area contributed by atoms with Gasteiger partial charge in [0, 0.05) is 36.6 Å². The maximum absolute atomic E-state index is 13.8. The van der Waals surface area contributed by atoms with E-state index in [9.17, 15) is 13.2 Å². The highest BCUT2D eigenvalue weighted by atomic mass is 19.4. The van der Waals surface area contributed by atoms with Crippen LogP contribution in [0, 0.1) is 0 Å². The highest BCUT2D eigenvalue weighted by Gasteiger charge is 2.37. The van der Waals surface area contributed by atoms with Gasteiger partial charge in [-0.3, -0.25) is 4.98 Å². The van der Waals surface area contributed by atoms with Crippen LogP contribution in [0.25, 0.3) is 33.8 Å². The van der Waals surface area contributed by atoms with Gasteiger partial charge in [0.05, 0.1) is 11.0 Å². The van der Waals surface area contributed by atoms with Gasteiger partial charge < -0.3 is 19.6 Å². The molecule has 0 aliphatic carbocycles. The zero-order valence-electron chi connectivity index (χ0n) is 22.2. The Labute approximate surface area is 233 Å². The number of nitrogens with one attached hydrogen (secondary N) is 2. The van der Waals surface area contributed by atoms with Crippen molar-refractivity contribution >= 4 is 22.7 Å². The van der Waals surface area contributed by atoms with Crippen LogP contribution in [0.3, 0.4) is 0 Å². The van der Waals surface area contributed by atoms with Gasteiger partial charge in [0.25, 0.3) is 0 Å². The molecule has 6 rings (SSSR count). The molecule has 0 radical (unpaired) electrons. The molecule has 206 valence electrons. The summed E-state index contributed by atoms with van der Waals surface area (Å²) in [6, 6.07) is 25.1. The number of halogens is 3. The molecule has 0 atom stereocenters. The molecule has 0 fully saturated rings. The van der Waals surface area contributed by atoms with Crippen molar-refractivity contribution < 1.29 is 17.9 Å².